The van der Waals surface area contributed by atoms with Crippen molar-refractivity contribution in [3.05, 3.63) is 11.7 Å². The van der Waals surface area contributed by atoms with Crippen LogP contribution in [-0.2, 0) is 6.54 Å². The van der Waals surface area contributed by atoms with Crippen LogP contribution in [0.15, 0.2) is 4.52 Å². The largest absolute Gasteiger partial charge is 0.338 e. The Morgan fingerprint density at radius 1 is 1.43 bits per heavy atom. The van der Waals surface area contributed by atoms with Crippen molar-refractivity contribution in [2.75, 3.05) is 11.5 Å². The van der Waals surface area contributed by atoms with Gasteiger partial charge in [-0.3, -0.25) is 0 Å². The SMILES string of the molecule is NCc1nc([C@H]2CCCSCC2)no1. The summed E-state index contributed by atoms with van der Waals surface area (Å²) in [5, 5.41) is 3.98. The number of rotatable bonds is 2. The molecule has 78 valence electrons. The highest BCUT2D eigenvalue weighted by Gasteiger charge is 2.19. The maximum absolute atomic E-state index is 5.42. The van der Waals surface area contributed by atoms with Crippen LogP contribution in [0.3, 0.4) is 0 Å². The van der Waals surface area contributed by atoms with Gasteiger partial charge < -0.3 is 10.3 Å². The minimum Gasteiger partial charge on any atom is -0.338 e. The Balaban J connectivity index is 2.04. The monoisotopic (exact) mass is 213 g/mol. The molecule has 1 saturated heterocycles. The number of hydrogen-bond acceptors (Lipinski definition) is 5. The maximum atomic E-state index is 5.42. The third-order valence-corrected chi connectivity index (χ3v) is 3.58. The van der Waals surface area contributed by atoms with E-state index in [2.05, 4.69) is 10.1 Å². The molecule has 0 aromatic carbocycles. The summed E-state index contributed by atoms with van der Waals surface area (Å²) in [5.41, 5.74) is 5.42. The molecule has 2 N–H and O–H groups in total. The highest BCUT2D eigenvalue weighted by atomic mass is 32.2. The van der Waals surface area contributed by atoms with Gasteiger partial charge in [-0.25, -0.2) is 0 Å². The van der Waals surface area contributed by atoms with Gasteiger partial charge in [0.05, 0.1) is 6.54 Å². The Morgan fingerprint density at radius 3 is 3.14 bits per heavy atom. The van der Waals surface area contributed by atoms with Crippen molar-refractivity contribution in [3.8, 4) is 0 Å². The third kappa shape index (κ3) is 2.27. The summed E-state index contributed by atoms with van der Waals surface area (Å²) in [4.78, 5) is 4.28. The van der Waals surface area contributed by atoms with Crippen molar-refractivity contribution in [3.63, 3.8) is 0 Å². The van der Waals surface area contributed by atoms with Crippen LogP contribution in [0.5, 0.6) is 0 Å². The van der Waals surface area contributed by atoms with Gasteiger partial charge in [0.25, 0.3) is 0 Å². The van der Waals surface area contributed by atoms with Crippen LogP contribution in [0.1, 0.15) is 36.9 Å². The number of nitrogens with two attached hydrogens (primary N) is 1. The molecule has 1 aromatic heterocycles. The molecular weight excluding hydrogens is 198 g/mol. The molecule has 0 aliphatic carbocycles. The Kier molecular flexibility index (Phi) is 3.42. The lowest BCUT2D eigenvalue weighted by molar-refractivity contribution is 0.369. The van der Waals surface area contributed by atoms with Gasteiger partial charge in [0.1, 0.15) is 0 Å². The fraction of sp³-hybridized carbons (Fsp3) is 0.778. The molecule has 1 aliphatic rings. The van der Waals surface area contributed by atoms with E-state index in [1.54, 1.807) is 0 Å². The summed E-state index contributed by atoms with van der Waals surface area (Å²) in [7, 11) is 0. The van der Waals surface area contributed by atoms with Gasteiger partial charge in [0, 0.05) is 5.92 Å². The first-order chi connectivity index (χ1) is 6.90. The highest BCUT2D eigenvalue weighted by Crippen LogP contribution is 2.28. The van der Waals surface area contributed by atoms with E-state index in [0.717, 1.165) is 12.2 Å². The maximum Gasteiger partial charge on any atom is 0.240 e. The van der Waals surface area contributed by atoms with Crippen LogP contribution in [0.25, 0.3) is 0 Å². The van der Waals surface area contributed by atoms with Crippen molar-refractivity contribution >= 4 is 11.8 Å². The van der Waals surface area contributed by atoms with Crippen molar-refractivity contribution in [2.24, 2.45) is 5.73 Å². The van der Waals surface area contributed by atoms with Gasteiger partial charge in [-0.1, -0.05) is 5.16 Å². The summed E-state index contributed by atoms with van der Waals surface area (Å²) in [6.07, 6.45) is 3.59. The van der Waals surface area contributed by atoms with Gasteiger partial charge in [-0.15, -0.1) is 0 Å². The summed E-state index contributed by atoms with van der Waals surface area (Å²) in [6, 6.07) is 0. The molecule has 0 bridgehead atoms. The molecule has 14 heavy (non-hydrogen) atoms. The van der Waals surface area contributed by atoms with Crippen LogP contribution >= 0.6 is 11.8 Å². The molecule has 5 heteroatoms. The first-order valence-corrected chi connectivity index (χ1v) is 6.16. The normalized spacial score (nSPS) is 23.4. The van der Waals surface area contributed by atoms with Gasteiger partial charge in [0.2, 0.25) is 5.89 Å². The second-order valence-corrected chi connectivity index (χ2v) is 4.72. The molecule has 1 aromatic rings. The average Bonchev–Trinajstić information content (AvgIpc) is 2.53. The van der Waals surface area contributed by atoms with Crippen LogP contribution < -0.4 is 5.73 Å². The molecule has 1 aliphatic heterocycles. The standard InChI is InChI=1S/C9H15N3OS/c10-6-8-11-9(12-13-8)7-2-1-4-14-5-3-7/h7H,1-6,10H2/t7-/m0/s1. The van der Waals surface area contributed by atoms with E-state index < -0.39 is 0 Å². The molecule has 0 saturated carbocycles. The molecule has 0 spiro atoms. The molecule has 2 heterocycles. The van der Waals surface area contributed by atoms with E-state index in [1.165, 1.54) is 24.3 Å². The summed E-state index contributed by atoms with van der Waals surface area (Å²) >= 11 is 2.02. The number of hydrogen-bond donors (Lipinski definition) is 1. The molecule has 4 nitrogen and oxygen atoms in total. The third-order valence-electron chi connectivity index (χ3n) is 2.48. The van der Waals surface area contributed by atoms with Crippen molar-refractivity contribution < 1.29 is 4.52 Å². The molecule has 1 fully saturated rings. The van der Waals surface area contributed by atoms with Gasteiger partial charge in [-0.2, -0.15) is 16.7 Å². The van der Waals surface area contributed by atoms with Crippen LogP contribution in [-0.4, -0.2) is 21.6 Å². The van der Waals surface area contributed by atoms with E-state index in [9.17, 15) is 0 Å². The fourth-order valence-electron chi connectivity index (χ4n) is 1.68. The minimum absolute atomic E-state index is 0.342. The number of aromatic nitrogens is 2. The zero-order valence-electron chi connectivity index (χ0n) is 8.11. The zero-order chi connectivity index (χ0) is 9.80. The topological polar surface area (TPSA) is 64.9 Å². The van der Waals surface area contributed by atoms with E-state index >= 15 is 0 Å². The summed E-state index contributed by atoms with van der Waals surface area (Å²) in [6.45, 7) is 0.342. The number of nitrogens with zero attached hydrogens (tertiary/aromatic N) is 2. The van der Waals surface area contributed by atoms with E-state index in [4.69, 9.17) is 10.3 Å². The van der Waals surface area contributed by atoms with Crippen LogP contribution in [0, 0.1) is 0 Å². The fourth-order valence-corrected chi connectivity index (χ4v) is 2.70. The lowest BCUT2D eigenvalue weighted by atomic mass is 10.0. The van der Waals surface area contributed by atoms with E-state index in [1.807, 2.05) is 11.8 Å². The summed E-state index contributed by atoms with van der Waals surface area (Å²) in [5.74, 6) is 4.36. The van der Waals surface area contributed by atoms with Gasteiger partial charge >= 0.3 is 0 Å². The van der Waals surface area contributed by atoms with Crippen LogP contribution in [0.2, 0.25) is 0 Å². The Labute approximate surface area is 87.6 Å². The predicted molar refractivity (Wildman–Crippen MR) is 56.1 cm³/mol. The molecule has 0 amide bonds. The molecular formula is C9H15N3OS. The second kappa shape index (κ2) is 4.79. The van der Waals surface area contributed by atoms with Gasteiger partial charge in [0.15, 0.2) is 5.82 Å². The molecule has 2 rings (SSSR count). The first kappa shape index (κ1) is 9.98. The van der Waals surface area contributed by atoms with Crippen molar-refractivity contribution in [2.45, 2.75) is 31.7 Å². The first-order valence-electron chi connectivity index (χ1n) is 5.00. The smallest absolute Gasteiger partial charge is 0.240 e. The highest BCUT2D eigenvalue weighted by molar-refractivity contribution is 7.99. The zero-order valence-corrected chi connectivity index (χ0v) is 8.92. The number of thioether (sulfide) groups is 1. The van der Waals surface area contributed by atoms with Gasteiger partial charge in [-0.05, 0) is 30.8 Å². The molecule has 0 unspecified atom stereocenters. The second-order valence-electron chi connectivity index (χ2n) is 3.49. The minimum atomic E-state index is 0.342. The quantitative estimate of drug-likeness (QED) is 0.807. The van der Waals surface area contributed by atoms with Crippen molar-refractivity contribution in [1.29, 1.82) is 0 Å². The molecule has 1 atom stereocenters. The van der Waals surface area contributed by atoms with Crippen LogP contribution in [0.4, 0.5) is 0 Å². The van der Waals surface area contributed by atoms with Crippen molar-refractivity contribution in [1.82, 2.24) is 10.1 Å². The summed E-state index contributed by atoms with van der Waals surface area (Å²) < 4.78 is 5.01. The predicted octanol–water partition coefficient (Wildman–Crippen LogP) is 1.53. The van der Waals surface area contributed by atoms with E-state index in [-0.39, 0.29) is 0 Å². The Bertz CT molecular complexity index is 281. The molecule has 0 radical (unpaired) electrons. The Hall–Kier alpha value is -0.550. The average molecular weight is 213 g/mol. The lowest BCUT2D eigenvalue weighted by Crippen LogP contribution is -2.02. The Morgan fingerprint density at radius 2 is 2.36 bits per heavy atom. The van der Waals surface area contributed by atoms with E-state index in [0.29, 0.717) is 18.4 Å². The lowest BCUT2D eigenvalue weighted by Gasteiger charge is -2.06.